The van der Waals surface area contributed by atoms with Crippen LogP contribution < -0.4 is 0 Å². The van der Waals surface area contributed by atoms with Gasteiger partial charge in [0, 0.05) is 25.0 Å². The van der Waals surface area contributed by atoms with Gasteiger partial charge in [-0.1, -0.05) is 11.8 Å². The Morgan fingerprint density at radius 1 is 1.53 bits per heavy atom. The minimum absolute atomic E-state index is 0.0526. The predicted octanol–water partition coefficient (Wildman–Crippen LogP) is 1.05. The fraction of sp³-hybridized carbons (Fsp3) is 0.467. The molecule has 2 unspecified atom stereocenters. The molecular weight excluding hydrogens is 240 g/mol. The highest BCUT2D eigenvalue weighted by Gasteiger charge is 2.40. The number of aliphatic hydroxyl groups is 1. The van der Waals surface area contributed by atoms with Gasteiger partial charge in [-0.15, -0.1) is 0 Å². The molecular formula is C15H16N2O2. The lowest BCUT2D eigenvalue weighted by Crippen LogP contribution is -2.38. The Balaban J connectivity index is 1.87. The molecule has 2 atom stereocenters. The van der Waals surface area contributed by atoms with Crippen molar-refractivity contribution in [2.45, 2.75) is 25.3 Å². The molecule has 98 valence electrons. The average Bonchev–Trinajstić information content (AvgIpc) is 3.07. The van der Waals surface area contributed by atoms with Crippen LogP contribution in [0.25, 0.3) is 0 Å². The van der Waals surface area contributed by atoms with Crippen LogP contribution in [0.1, 0.15) is 35.2 Å². The van der Waals surface area contributed by atoms with Gasteiger partial charge in [-0.3, -0.25) is 9.78 Å². The van der Waals surface area contributed by atoms with Crippen molar-refractivity contribution < 1.29 is 9.90 Å². The lowest BCUT2D eigenvalue weighted by molar-refractivity contribution is 0.0703. The van der Waals surface area contributed by atoms with Crippen LogP contribution in [0.15, 0.2) is 18.5 Å². The number of carbonyl (C=O) groups excluding carboxylic acids is 1. The third-order valence-corrected chi connectivity index (χ3v) is 4.02. The van der Waals surface area contributed by atoms with E-state index in [0.717, 1.165) is 19.4 Å². The maximum atomic E-state index is 12.6. The number of aliphatic hydroxyl groups excluding tert-OH is 1. The van der Waals surface area contributed by atoms with Crippen LogP contribution in [-0.2, 0) is 0 Å². The highest BCUT2D eigenvalue weighted by Crippen LogP contribution is 2.38. The van der Waals surface area contributed by atoms with E-state index in [0.29, 0.717) is 23.1 Å². The van der Waals surface area contributed by atoms with Gasteiger partial charge in [0.2, 0.25) is 0 Å². The van der Waals surface area contributed by atoms with E-state index in [1.54, 1.807) is 18.5 Å². The summed E-state index contributed by atoms with van der Waals surface area (Å²) in [4.78, 5) is 18.6. The second kappa shape index (κ2) is 5.02. The van der Waals surface area contributed by atoms with Crippen LogP contribution in [0.4, 0.5) is 0 Å². The maximum Gasteiger partial charge on any atom is 0.255 e. The lowest BCUT2D eigenvalue weighted by Gasteiger charge is -2.27. The number of hydrogen-bond acceptors (Lipinski definition) is 3. The van der Waals surface area contributed by atoms with Gasteiger partial charge in [0.25, 0.3) is 5.91 Å². The van der Waals surface area contributed by atoms with Gasteiger partial charge in [0.15, 0.2) is 0 Å². The summed E-state index contributed by atoms with van der Waals surface area (Å²) in [7, 11) is 0. The van der Waals surface area contributed by atoms with Crippen molar-refractivity contribution in [3.05, 3.63) is 29.6 Å². The molecule has 2 heterocycles. The zero-order chi connectivity index (χ0) is 13.2. The number of amides is 1. The molecule has 1 saturated carbocycles. The highest BCUT2D eigenvalue weighted by molar-refractivity contribution is 5.97. The van der Waals surface area contributed by atoms with Gasteiger partial charge in [-0.2, -0.15) is 0 Å². The normalized spacial score (nSPS) is 24.2. The van der Waals surface area contributed by atoms with Gasteiger partial charge in [-0.25, -0.2) is 0 Å². The average molecular weight is 256 g/mol. The summed E-state index contributed by atoms with van der Waals surface area (Å²) in [6.07, 6.45) is 6.73. The first kappa shape index (κ1) is 12.2. The van der Waals surface area contributed by atoms with E-state index in [1.165, 1.54) is 6.42 Å². The summed E-state index contributed by atoms with van der Waals surface area (Å²) in [5.41, 5.74) is 1.20. The lowest BCUT2D eigenvalue weighted by atomic mass is 10.1. The Morgan fingerprint density at radius 3 is 3.11 bits per heavy atom. The Labute approximate surface area is 112 Å². The largest absolute Gasteiger partial charge is 0.384 e. The van der Waals surface area contributed by atoms with E-state index in [2.05, 4.69) is 16.8 Å². The molecule has 1 aliphatic heterocycles. The van der Waals surface area contributed by atoms with Gasteiger partial charge in [0.05, 0.1) is 11.1 Å². The number of carbonyl (C=O) groups is 1. The van der Waals surface area contributed by atoms with Crippen molar-refractivity contribution in [1.29, 1.82) is 0 Å². The van der Waals surface area contributed by atoms with Crippen LogP contribution >= 0.6 is 0 Å². The minimum Gasteiger partial charge on any atom is -0.384 e. The second-order valence-corrected chi connectivity index (χ2v) is 5.17. The molecule has 1 aliphatic carbocycles. The van der Waals surface area contributed by atoms with Crippen molar-refractivity contribution in [2.24, 2.45) is 5.92 Å². The molecule has 1 N–H and O–H groups in total. The van der Waals surface area contributed by atoms with Gasteiger partial charge < -0.3 is 10.0 Å². The molecule has 1 saturated heterocycles. The number of piperidine rings is 1. The molecule has 19 heavy (non-hydrogen) atoms. The van der Waals surface area contributed by atoms with Crippen LogP contribution in [-0.4, -0.2) is 40.1 Å². The van der Waals surface area contributed by atoms with E-state index in [1.807, 2.05) is 4.90 Å². The van der Waals surface area contributed by atoms with E-state index in [9.17, 15) is 4.79 Å². The number of pyridine rings is 1. The van der Waals surface area contributed by atoms with E-state index < -0.39 is 0 Å². The number of fused-ring (bicyclic) bond motifs is 2. The number of nitrogens with zero attached hydrogens (tertiary/aromatic N) is 2. The smallest absolute Gasteiger partial charge is 0.255 e. The molecule has 1 aromatic heterocycles. The zero-order valence-corrected chi connectivity index (χ0v) is 10.7. The molecule has 3 rings (SSSR count). The number of rotatable bonds is 1. The topological polar surface area (TPSA) is 53.4 Å². The van der Waals surface area contributed by atoms with Crippen LogP contribution in [0, 0.1) is 17.8 Å². The van der Waals surface area contributed by atoms with Gasteiger partial charge >= 0.3 is 0 Å². The van der Waals surface area contributed by atoms with E-state index in [-0.39, 0.29) is 12.5 Å². The summed E-state index contributed by atoms with van der Waals surface area (Å²) >= 11 is 0. The first-order chi connectivity index (χ1) is 9.29. The maximum absolute atomic E-state index is 12.6. The van der Waals surface area contributed by atoms with Crippen LogP contribution in [0.5, 0.6) is 0 Å². The summed E-state index contributed by atoms with van der Waals surface area (Å²) in [5, 5.41) is 8.77. The summed E-state index contributed by atoms with van der Waals surface area (Å²) < 4.78 is 0. The Kier molecular flexibility index (Phi) is 3.22. The fourth-order valence-electron chi connectivity index (χ4n) is 3.14. The third-order valence-electron chi connectivity index (χ3n) is 4.02. The quantitative estimate of drug-likeness (QED) is 0.764. The second-order valence-electron chi connectivity index (χ2n) is 5.17. The summed E-state index contributed by atoms with van der Waals surface area (Å²) in [5.74, 6) is 6.12. The fourth-order valence-corrected chi connectivity index (χ4v) is 3.14. The summed E-state index contributed by atoms with van der Waals surface area (Å²) in [6.45, 7) is 0.662. The molecule has 0 radical (unpaired) electrons. The van der Waals surface area contributed by atoms with Crippen molar-refractivity contribution in [3.8, 4) is 11.8 Å². The molecule has 4 nitrogen and oxygen atoms in total. The number of likely N-dealkylation sites (tertiary alicyclic amines) is 1. The molecule has 2 fully saturated rings. The molecule has 0 spiro atoms. The molecule has 1 aromatic rings. The minimum atomic E-state index is -0.211. The standard InChI is InChI=1S/C15H16N2O2/c18-7-1-2-12-9-16-6-5-14(12)15(19)17-10-11-3-4-13(17)8-11/h5-6,9,11,13,18H,3-4,7-8,10H2. The van der Waals surface area contributed by atoms with Crippen molar-refractivity contribution in [3.63, 3.8) is 0 Å². The van der Waals surface area contributed by atoms with Crippen LogP contribution in [0.3, 0.4) is 0 Å². The Bertz CT molecular complexity index is 559. The highest BCUT2D eigenvalue weighted by atomic mass is 16.2. The van der Waals surface area contributed by atoms with E-state index >= 15 is 0 Å². The molecule has 4 heteroatoms. The zero-order valence-electron chi connectivity index (χ0n) is 10.7. The van der Waals surface area contributed by atoms with Gasteiger partial charge in [0.1, 0.15) is 6.61 Å². The summed E-state index contributed by atoms with van der Waals surface area (Å²) in [6, 6.07) is 2.12. The Hall–Kier alpha value is -1.86. The number of aromatic nitrogens is 1. The van der Waals surface area contributed by atoms with E-state index in [4.69, 9.17) is 5.11 Å². The van der Waals surface area contributed by atoms with Gasteiger partial charge in [-0.05, 0) is 31.2 Å². The molecule has 2 aliphatic rings. The first-order valence-corrected chi connectivity index (χ1v) is 6.64. The SMILES string of the molecule is O=C(c1ccncc1C#CCO)N1CC2CCC1C2. The molecule has 2 bridgehead atoms. The third kappa shape index (κ3) is 2.22. The first-order valence-electron chi connectivity index (χ1n) is 6.64. The van der Waals surface area contributed by atoms with Crippen LogP contribution in [0.2, 0.25) is 0 Å². The number of hydrogen-bond donors (Lipinski definition) is 1. The predicted molar refractivity (Wildman–Crippen MR) is 70.4 cm³/mol. The van der Waals surface area contributed by atoms with Crippen molar-refractivity contribution >= 4 is 5.91 Å². The molecule has 0 aromatic carbocycles. The monoisotopic (exact) mass is 256 g/mol. The van der Waals surface area contributed by atoms with Crippen molar-refractivity contribution in [2.75, 3.05) is 13.2 Å². The van der Waals surface area contributed by atoms with Crippen molar-refractivity contribution in [1.82, 2.24) is 9.88 Å². The Morgan fingerprint density at radius 2 is 2.42 bits per heavy atom. The molecule has 1 amide bonds.